The highest BCUT2D eigenvalue weighted by Crippen LogP contribution is 2.21. The number of esters is 1. The summed E-state index contributed by atoms with van der Waals surface area (Å²) in [5.74, 6) is 0.127. The van der Waals surface area contributed by atoms with Crippen LogP contribution >= 0.6 is 0 Å². The summed E-state index contributed by atoms with van der Waals surface area (Å²) >= 11 is 0. The van der Waals surface area contributed by atoms with Crippen LogP contribution in [0.3, 0.4) is 0 Å². The number of carbonyl (C=O) groups excluding carboxylic acids is 2. The molecule has 130 valence electrons. The van der Waals surface area contributed by atoms with Crippen LogP contribution in [0.5, 0.6) is 5.75 Å². The first kappa shape index (κ1) is 18.3. The molecule has 0 saturated carbocycles. The van der Waals surface area contributed by atoms with E-state index in [-0.39, 0.29) is 5.91 Å². The summed E-state index contributed by atoms with van der Waals surface area (Å²) in [5.41, 5.74) is 2.31. The maximum atomic E-state index is 12.0. The van der Waals surface area contributed by atoms with Gasteiger partial charge in [0.25, 0.3) is 0 Å². The lowest BCUT2D eigenvalue weighted by molar-refractivity contribution is -0.142. The molecule has 0 bridgehead atoms. The van der Waals surface area contributed by atoms with Crippen LogP contribution in [0.25, 0.3) is 6.08 Å². The Morgan fingerprint density at radius 2 is 1.88 bits per heavy atom. The fourth-order valence-corrected chi connectivity index (χ4v) is 2.26. The number of amides is 1. The van der Waals surface area contributed by atoms with Gasteiger partial charge in [0.05, 0.1) is 7.11 Å². The lowest BCUT2D eigenvalue weighted by Crippen LogP contribution is -2.08. The van der Waals surface area contributed by atoms with Crippen molar-refractivity contribution in [1.29, 1.82) is 0 Å². The second-order valence-electron chi connectivity index (χ2n) is 5.50. The molecule has 5 heteroatoms. The van der Waals surface area contributed by atoms with Gasteiger partial charge in [0.15, 0.2) is 0 Å². The van der Waals surface area contributed by atoms with Crippen molar-refractivity contribution in [3.8, 4) is 5.75 Å². The highest BCUT2D eigenvalue weighted by Gasteiger charge is 2.10. The summed E-state index contributed by atoms with van der Waals surface area (Å²) in [7, 11) is 1.59. The number of rotatable bonds is 6. The van der Waals surface area contributed by atoms with Crippen LogP contribution in [0.4, 0.5) is 5.69 Å². The van der Waals surface area contributed by atoms with E-state index in [2.05, 4.69) is 5.32 Å². The third kappa shape index (κ3) is 5.80. The monoisotopic (exact) mass is 339 g/mol. The van der Waals surface area contributed by atoms with E-state index < -0.39 is 12.1 Å². The molecule has 0 spiro atoms. The molecule has 5 nitrogen and oxygen atoms in total. The predicted molar refractivity (Wildman–Crippen MR) is 97.3 cm³/mol. The Morgan fingerprint density at radius 3 is 2.60 bits per heavy atom. The van der Waals surface area contributed by atoms with Gasteiger partial charge in [-0.25, -0.2) is 4.79 Å². The van der Waals surface area contributed by atoms with E-state index in [0.717, 1.165) is 16.9 Å². The SMILES string of the molecule is COc1cccc(C=CC(=O)OC(C)c2cccc(NC(C)=O)c2)c1. The van der Waals surface area contributed by atoms with E-state index in [0.29, 0.717) is 5.69 Å². The van der Waals surface area contributed by atoms with E-state index in [1.807, 2.05) is 30.3 Å². The van der Waals surface area contributed by atoms with E-state index in [1.165, 1.54) is 13.0 Å². The van der Waals surface area contributed by atoms with Crippen LogP contribution in [0, 0.1) is 0 Å². The molecule has 0 radical (unpaired) electrons. The number of hydrogen-bond donors (Lipinski definition) is 1. The number of hydrogen-bond acceptors (Lipinski definition) is 4. The van der Waals surface area contributed by atoms with Crippen LogP contribution < -0.4 is 10.1 Å². The fraction of sp³-hybridized carbons (Fsp3) is 0.200. The van der Waals surface area contributed by atoms with Gasteiger partial charge in [-0.2, -0.15) is 0 Å². The fourth-order valence-electron chi connectivity index (χ4n) is 2.26. The van der Waals surface area contributed by atoms with E-state index >= 15 is 0 Å². The third-order valence-electron chi connectivity index (χ3n) is 3.48. The molecule has 0 aliphatic rings. The average Bonchev–Trinajstić information content (AvgIpc) is 2.60. The van der Waals surface area contributed by atoms with Crippen LogP contribution in [0.2, 0.25) is 0 Å². The summed E-state index contributed by atoms with van der Waals surface area (Å²) in [5, 5.41) is 2.71. The number of anilines is 1. The number of methoxy groups -OCH3 is 1. The molecule has 1 N–H and O–H groups in total. The number of ether oxygens (including phenoxy) is 2. The van der Waals surface area contributed by atoms with Gasteiger partial charge in [-0.15, -0.1) is 0 Å². The molecule has 2 rings (SSSR count). The minimum atomic E-state index is -0.444. The zero-order chi connectivity index (χ0) is 18.2. The largest absolute Gasteiger partial charge is 0.497 e. The molecule has 0 fully saturated rings. The summed E-state index contributed by atoms with van der Waals surface area (Å²) in [6.45, 7) is 3.23. The molecule has 2 aromatic rings. The predicted octanol–water partition coefficient (Wildman–Crippen LogP) is 3.97. The van der Waals surface area contributed by atoms with Gasteiger partial charge in [-0.3, -0.25) is 4.79 Å². The Balaban J connectivity index is 1.99. The smallest absolute Gasteiger partial charge is 0.331 e. The zero-order valence-electron chi connectivity index (χ0n) is 14.5. The number of benzene rings is 2. The van der Waals surface area contributed by atoms with Crippen molar-refractivity contribution in [2.45, 2.75) is 20.0 Å². The lowest BCUT2D eigenvalue weighted by atomic mass is 10.1. The zero-order valence-corrected chi connectivity index (χ0v) is 14.5. The molecule has 25 heavy (non-hydrogen) atoms. The molecule has 0 aromatic heterocycles. The van der Waals surface area contributed by atoms with Gasteiger partial charge in [0.1, 0.15) is 11.9 Å². The van der Waals surface area contributed by atoms with Gasteiger partial charge in [-0.1, -0.05) is 24.3 Å². The molecule has 1 atom stereocenters. The molecule has 2 aromatic carbocycles. The summed E-state index contributed by atoms with van der Waals surface area (Å²) in [6, 6.07) is 14.6. The lowest BCUT2D eigenvalue weighted by Gasteiger charge is -2.13. The van der Waals surface area contributed by atoms with Crippen molar-refractivity contribution in [2.24, 2.45) is 0 Å². The van der Waals surface area contributed by atoms with Crippen LogP contribution in [-0.4, -0.2) is 19.0 Å². The Hall–Kier alpha value is -3.08. The molecule has 1 unspecified atom stereocenters. The van der Waals surface area contributed by atoms with Crippen molar-refractivity contribution in [3.05, 3.63) is 65.7 Å². The highest BCUT2D eigenvalue weighted by molar-refractivity contribution is 5.89. The van der Waals surface area contributed by atoms with Crippen molar-refractivity contribution < 1.29 is 19.1 Å². The summed E-state index contributed by atoms with van der Waals surface area (Å²) in [4.78, 5) is 23.1. The molecule has 0 heterocycles. The Morgan fingerprint density at radius 1 is 1.12 bits per heavy atom. The first-order chi connectivity index (χ1) is 12.0. The minimum Gasteiger partial charge on any atom is -0.497 e. The summed E-state index contributed by atoms with van der Waals surface area (Å²) < 4.78 is 10.5. The molecular weight excluding hydrogens is 318 g/mol. The molecular formula is C20H21NO4. The van der Waals surface area contributed by atoms with Crippen molar-refractivity contribution in [2.75, 3.05) is 12.4 Å². The molecule has 1 amide bonds. The normalized spacial score (nSPS) is 11.8. The number of carbonyl (C=O) groups is 2. The second kappa shape index (κ2) is 8.68. The highest BCUT2D eigenvalue weighted by atomic mass is 16.5. The molecule has 0 aliphatic carbocycles. The second-order valence-corrected chi connectivity index (χ2v) is 5.50. The van der Waals surface area contributed by atoms with Crippen molar-refractivity contribution in [1.82, 2.24) is 0 Å². The van der Waals surface area contributed by atoms with E-state index in [4.69, 9.17) is 9.47 Å². The van der Waals surface area contributed by atoms with E-state index in [1.54, 1.807) is 38.3 Å². The molecule has 0 saturated heterocycles. The third-order valence-corrected chi connectivity index (χ3v) is 3.48. The topological polar surface area (TPSA) is 64.6 Å². The molecule has 0 aliphatic heterocycles. The maximum absolute atomic E-state index is 12.0. The number of nitrogens with one attached hydrogen (secondary N) is 1. The quantitative estimate of drug-likeness (QED) is 0.639. The van der Waals surface area contributed by atoms with Gasteiger partial charge >= 0.3 is 5.97 Å². The first-order valence-corrected chi connectivity index (χ1v) is 7.88. The maximum Gasteiger partial charge on any atom is 0.331 e. The standard InChI is InChI=1S/C20H21NO4/c1-14(17-7-5-8-18(13-17)21-15(2)22)25-20(23)11-10-16-6-4-9-19(12-16)24-3/h4-14H,1-3H3,(H,21,22). The van der Waals surface area contributed by atoms with Gasteiger partial charge in [0.2, 0.25) is 5.91 Å². The van der Waals surface area contributed by atoms with Crippen LogP contribution in [0.1, 0.15) is 31.1 Å². The first-order valence-electron chi connectivity index (χ1n) is 7.88. The van der Waals surface area contributed by atoms with E-state index in [9.17, 15) is 9.59 Å². The minimum absolute atomic E-state index is 0.150. The van der Waals surface area contributed by atoms with Crippen molar-refractivity contribution >= 4 is 23.6 Å². The van der Waals surface area contributed by atoms with Crippen LogP contribution in [-0.2, 0) is 14.3 Å². The van der Waals surface area contributed by atoms with Gasteiger partial charge < -0.3 is 14.8 Å². The van der Waals surface area contributed by atoms with Gasteiger partial charge in [0, 0.05) is 18.7 Å². The van der Waals surface area contributed by atoms with Gasteiger partial charge in [-0.05, 0) is 48.4 Å². The Bertz CT molecular complexity index is 783. The summed E-state index contributed by atoms with van der Waals surface area (Å²) in [6.07, 6.45) is 2.62. The Labute approximate surface area is 147 Å². The Kier molecular flexibility index (Phi) is 6.34. The van der Waals surface area contributed by atoms with Crippen LogP contribution in [0.15, 0.2) is 54.6 Å². The average molecular weight is 339 g/mol. The van der Waals surface area contributed by atoms with Crippen molar-refractivity contribution in [3.63, 3.8) is 0 Å².